The highest BCUT2D eigenvalue weighted by Crippen LogP contribution is 1.83. The van der Waals surface area contributed by atoms with E-state index in [1.165, 1.54) is 0 Å². The fraction of sp³-hybridized carbons (Fsp3) is 1.00. The SMILES string of the molecule is C.CS(=O)(=O)Cl.CS(=O)(=O)NN.O=S([O-])OCl.P=S.P=S.P=S. The molecule has 0 radical (unpaired) electrons. The smallest absolute Gasteiger partial charge is 0.229 e. The van der Waals surface area contributed by atoms with Gasteiger partial charge in [0.15, 0.2) is 0 Å². The topological polar surface area (TPSA) is 156 Å². The predicted octanol–water partition coefficient (Wildman–Crippen LogP) is 0.954. The first-order valence-electron chi connectivity index (χ1n) is 3.40. The quantitative estimate of drug-likeness (QED) is 0.167. The van der Waals surface area contributed by atoms with Crippen LogP contribution in [0.5, 0.6) is 0 Å². The lowest BCUT2D eigenvalue weighted by Crippen LogP contribution is -2.28. The molecule has 0 aliphatic carbocycles. The number of hydrogen-bond donors (Lipinski definition) is 2. The van der Waals surface area contributed by atoms with Gasteiger partial charge in [-0.3, -0.25) is 5.84 Å². The summed E-state index contributed by atoms with van der Waals surface area (Å²) in [7, 11) is 5.84. The molecule has 1 atom stereocenters. The van der Waals surface area contributed by atoms with E-state index in [4.69, 9.17) is 8.76 Å². The van der Waals surface area contributed by atoms with Crippen molar-refractivity contribution in [1.82, 2.24) is 4.83 Å². The van der Waals surface area contributed by atoms with E-state index in [-0.39, 0.29) is 7.43 Å². The third-order valence-corrected chi connectivity index (χ3v) is 1.11. The van der Waals surface area contributed by atoms with Crippen molar-refractivity contribution in [2.24, 2.45) is 5.84 Å². The zero-order chi connectivity index (χ0) is 20.0. The Kier molecular flexibility index (Phi) is 68.0. The molecule has 0 amide bonds. The van der Waals surface area contributed by atoms with E-state index in [2.05, 4.69) is 91.6 Å². The lowest BCUT2D eigenvalue weighted by atomic mass is 12.0. The minimum Gasteiger partial charge on any atom is -0.749 e. The van der Waals surface area contributed by atoms with Crippen molar-refractivity contribution in [3.05, 3.63) is 0 Å². The van der Waals surface area contributed by atoms with E-state index in [9.17, 15) is 16.8 Å². The van der Waals surface area contributed by atoms with E-state index in [0.717, 1.165) is 12.5 Å². The second kappa shape index (κ2) is 35.2. The molecule has 23 heavy (non-hydrogen) atoms. The second-order valence-electron chi connectivity index (χ2n) is 1.84. The molecular formula is C3H16Cl2N2O7P3S6-. The Hall–Kier alpha value is 2.03. The molecule has 0 aromatic heterocycles. The van der Waals surface area contributed by atoms with Crippen LogP contribution in [-0.2, 0) is 69.6 Å². The highest BCUT2D eigenvalue weighted by Gasteiger charge is 1.88. The van der Waals surface area contributed by atoms with Crippen LogP contribution in [-0.4, -0.2) is 38.1 Å². The third-order valence-electron chi connectivity index (χ3n) is 0.266. The van der Waals surface area contributed by atoms with E-state index in [1.807, 2.05) is 0 Å². The molecule has 0 aromatic rings. The summed E-state index contributed by atoms with van der Waals surface area (Å²) in [5, 5.41) is 0. The second-order valence-corrected chi connectivity index (χ2v) is 7.58. The molecule has 0 saturated heterocycles. The van der Waals surface area contributed by atoms with Crippen LogP contribution in [0.4, 0.5) is 0 Å². The zero-order valence-corrected chi connectivity index (χ0v) is 20.1. The molecule has 0 bridgehead atoms. The van der Waals surface area contributed by atoms with Crippen molar-refractivity contribution in [2.75, 3.05) is 12.5 Å². The molecule has 20 heteroatoms. The Morgan fingerprint density at radius 2 is 1.17 bits per heavy atom. The van der Waals surface area contributed by atoms with Gasteiger partial charge in [0, 0.05) is 10.7 Å². The van der Waals surface area contributed by atoms with Gasteiger partial charge in [-0.15, -0.1) is 0 Å². The molecule has 0 spiro atoms. The summed E-state index contributed by atoms with van der Waals surface area (Å²) < 4.78 is 59.5. The van der Waals surface area contributed by atoms with Crippen molar-refractivity contribution < 1.29 is 29.3 Å². The molecule has 0 aliphatic heterocycles. The van der Waals surface area contributed by atoms with Gasteiger partial charge in [0.2, 0.25) is 19.1 Å². The molecule has 9 nitrogen and oxygen atoms in total. The summed E-state index contributed by atoms with van der Waals surface area (Å²) >= 11 is 13.3. The zero-order valence-electron chi connectivity index (χ0n) is 10.6. The Morgan fingerprint density at radius 3 is 1.17 bits per heavy atom. The van der Waals surface area contributed by atoms with E-state index >= 15 is 0 Å². The highest BCUT2D eigenvalue weighted by atomic mass is 35.7. The average Bonchev–Trinajstić information content (AvgIpc) is 2.43. The molecule has 0 rings (SSSR count). The summed E-state index contributed by atoms with van der Waals surface area (Å²) in [6.07, 6.45) is 1.90. The number of hydrazine groups is 1. The lowest BCUT2D eigenvalue weighted by Gasteiger charge is -1.90. The number of nitrogens with two attached hydrogens (primary N) is 1. The van der Waals surface area contributed by atoms with E-state index < -0.39 is 30.4 Å². The Balaban J connectivity index is -0.0000000282. The minimum absolute atomic E-state index is 0. The van der Waals surface area contributed by atoms with Gasteiger partial charge in [-0.2, -0.15) is 8.57 Å². The van der Waals surface area contributed by atoms with Gasteiger partial charge in [0.25, 0.3) is 0 Å². The molecule has 0 saturated carbocycles. The average molecular weight is 548 g/mol. The van der Waals surface area contributed by atoms with E-state index in [1.54, 1.807) is 4.83 Å². The molecule has 0 fully saturated rings. The van der Waals surface area contributed by atoms with Crippen LogP contribution in [0.2, 0.25) is 0 Å². The molecular weight excluding hydrogens is 532 g/mol. The standard InChI is InChI=1S/CH3ClO2S.CH6N2O2S.CH4.ClHO3S.3HPS/c1-5(2,3)4;1-6(4,5)3-2;;1-4-5(2)3;3*1-2/h1H3;3H,2H2,1H3;1H4;(H,2,3);3*1H/p-1. The Morgan fingerprint density at radius 1 is 1.09 bits per heavy atom. The lowest BCUT2D eigenvalue weighted by molar-refractivity contribution is 0.457. The van der Waals surface area contributed by atoms with Gasteiger partial charge in [-0.05, 0) is 24.0 Å². The maximum atomic E-state index is 9.76. The van der Waals surface area contributed by atoms with Crippen molar-refractivity contribution in [3.8, 4) is 0 Å². The number of sulfonamides is 1. The normalized spacial score (nSPS) is 9.30. The molecule has 0 aromatic carbocycles. The third kappa shape index (κ3) is 236. The van der Waals surface area contributed by atoms with Crippen molar-refractivity contribution in [3.63, 3.8) is 0 Å². The van der Waals surface area contributed by atoms with Crippen molar-refractivity contribution >= 4 is 112 Å². The number of hydrogen-bond acceptors (Lipinski definition) is 11. The Bertz CT molecular complexity index is 426. The molecule has 3 N–H and O–H groups in total. The largest absolute Gasteiger partial charge is 0.749 e. The van der Waals surface area contributed by atoms with Gasteiger partial charge in [0.1, 0.15) is 11.4 Å². The van der Waals surface area contributed by atoms with Crippen molar-refractivity contribution in [1.29, 1.82) is 0 Å². The van der Waals surface area contributed by atoms with Crippen LogP contribution in [0.1, 0.15) is 7.43 Å². The van der Waals surface area contributed by atoms with Gasteiger partial charge in [-0.25, -0.2) is 21.0 Å². The minimum atomic E-state index is -3.19. The van der Waals surface area contributed by atoms with Crippen LogP contribution in [0, 0.1) is 0 Å². The van der Waals surface area contributed by atoms with Crippen LogP contribution in [0.3, 0.4) is 0 Å². The fourth-order valence-electron chi connectivity index (χ4n) is 0. The molecule has 1 unspecified atom stereocenters. The van der Waals surface area contributed by atoms with Gasteiger partial charge >= 0.3 is 0 Å². The summed E-state index contributed by atoms with van der Waals surface area (Å²) in [6, 6.07) is 0. The number of rotatable bonds is 2. The number of nitrogens with one attached hydrogen (secondary N) is 1. The summed E-state index contributed by atoms with van der Waals surface area (Å²) in [6.45, 7) is 0. The molecule has 0 aliphatic rings. The Labute approximate surface area is 171 Å². The first kappa shape index (κ1) is 44.5. The summed E-state index contributed by atoms with van der Waals surface area (Å²) in [5.74, 6) is 4.47. The fourth-order valence-corrected chi connectivity index (χ4v) is 0. The summed E-state index contributed by atoms with van der Waals surface area (Å²) in [5.41, 5.74) is 0. The van der Waals surface area contributed by atoms with Crippen LogP contribution < -0.4 is 10.7 Å². The number of halogens is 2. The maximum Gasteiger partial charge on any atom is 0.229 e. The van der Waals surface area contributed by atoms with Gasteiger partial charge < -0.3 is 4.55 Å². The first-order valence-corrected chi connectivity index (χ1v) is 14.2. The van der Waals surface area contributed by atoms with Crippen LogP contribution in [0.15, 0.2) is 0 Å². The van der Waals surface area contributed by atoms with E-state index in [0.29, 0.717) is 0 Å². The van der Waals surface area contributed by atoms with Crippen LogP contribution in [0.25, 0.3) is 0 Å². The predicted molar refractivity (Wildman–Crippen MR) is 112 cm³/mol. The summed E-state index contributed by atoms with van der Waals surface area (Å²) in [4.78, 5) is 1.58. The van der Waals surface area contributed by atoms with Crippen molar-refractivity contribution in [2.45, 2.75) is 7.43 Å². The first-order chi connectivity index (χ1) is 9.83. The highest BCUT2D eigenvalue weighted by molar-refractivity contribution is 8.13. The van der Waals surface area contributed by atoms with Gasteiger partial charge in [0.05, 0.1) is 24.4 Å². The van der Waals surface area contributed by atoms with Gasteiger partial charge in [-0.1, -0.05) is 42.8 Å². The monoisotopic (exact) mass is 547 g/mol. The maximum absolute atomic E-state index is 9.76. The molecule has 0 heterocycles. The molecule has 146 valence electrons. The van der Waals surface area contributed by atoms with Crippen LogP contribution >= 0.6 is 46.6 Å².